The molecule has 0 fully saturated rings. The lowest BCUT2D eigenvalue weighted by atomic mass is 9.98. The van der Waals surface area contributed by atoms with E-state index >= 15 is 0 Å². The van der Waals surface area contributed by atoms with E-state index in [-0.39, 0.29) is 26.1 Å². The van der Waals surface area contributed by atoms with Crippen molar-refractivity contribution in [1.29, 1.82) is 0 Å². The van der Waals surface area contributed by atoms with E-state index in [2.05, 4.69) is 10.6 Å². The molecule has 0 spiro atoms. The summed E-state index contributed by atoms with van der Waals surface area (Å²) in [5.74, 6) is -1.16. The maximum atomic E-state index is 13.6. The third-order valence-electron chi connectivity index (χ3n) is 9.54. The Morgan fingerprint density at radius 3 is 1.26 bits per heavy atom. The first-order chi connectivity index (χ1) is 26.3. The van der Waals surface area contributed by atoms with Gasteiger partial charge in [-0.05, 0) is 37.0 Å². The summed E-state index contributed by atoms with van der Waals surface area (Å²) in [4.78, 5) is 27.3. The third kappa shape index (κ3) is 8.38. The maximum Gasteiger partial charge on any atom is 0.340 e. The zero-order valence-corrected chi connectivity index (χ0v) is 30.2. The smallest absolute Gasteiger partial charge is 0.340 e. The van der Waals surface area contributed by atoms with Gasteiger partial charge < -0.3 is 29.2 Å². The van der Waals surface area contributed by atoms with Gasteiger partial charge in [-0.3, -0.25) is 10.6 Å². The Morgan fingerprint density at radius 1 is 0.519 bits per heavy atom. The fraction of sp³-hybridized carbons (Fsp3) is 0.227. The van der Waals surface area contributed by atoms with Crippen LogP contribution in [-0.4, -0.2) is 61.7 Å². The Bertz CT molecular complexity index is 2000. The van der Waals surface area contributed by atoms with Crippen LogP contribution < -0.4 is 20.1 Å². The highest BCUT2D eigenvalue weighted by Gasteiger charge is 2.43. The summed E-state index contributed by atoms with van der Waals surface area (Å²) in [6, 6.07) is 45.0. The number of ether oxygens (including phenoxy) is 4. The second-order valence-corrected chi connectivity index (χ2v) is 12.8. The van der Waals surface area contributed by atoms with Gasteiger partial charge >= 0.3 is 11.9 Å². The predicted molar refractivity (Wildman–Crippen MR) is 207 cm³/mol. The van der Waals surface area contributed by atoms with Gasteiger partial charge in [0.1, 0.15) is 11.5 Å². The number of esters is 2. The van der Waals surface area contributed by atoms with E-state index in [0.717, 1.165) is 21.5 Å². The Hall–Kier alpha value is -5.78. The summed E-state index contributed by atoms with van der Waals surface area (Å²) in [6.45, 7) is 0.223. The number of rotatable bonds is 17. The topological polar surface area (TPSA) is 136 Å². The highest BCUT2D eigenvalue weighted by molar-refractivity contribution is 5.89. The lowest BCUT2D eigenvalue weighted by Gasteiger charge is -2.36. The molecule has 0 aliphatic carbocycles. The maximum absolute atomic E-state index is 13.6. The second-order valence-electron chi connectivity index (χ2n) is 12.8. The molecule has 0 aliphatic heterocycles. The molecule has 0 aromatic heterocycles. The fourth-order valence-electron chi connectivity index (χ4n) is 6.54. The SMILES string of the molecule is CNC(CCOc1cccc2ccccc12)(OC(=O)C(O)C(O)C(=O)OC(CCOc1cccc2ccccc12)(NC)c1ccccc1)c1ccccc1. The Morgan fingerprint density at radius 2 is 0.870 bits per heavy atom. The molecule has 10 heteroatoms. The molecule has 0 heterocycles. The van der Waals surface area contributed by atoms with E-state index in [1.54, 1.807) is 62.6 Å². The largest absolute Gasteiger partial charge is 0.493 e. The van der Waals surface area contributed by atoms with E-state index in [0.29, 0.717) is 22.6 Å². The Balaban J connectivity index is 1.17. The molecule has 278 valence electrons. The van der Waals surface area contributed by atoms with Gasteiger partial charge in [0.15, 0.2) is 23.7 Å². The summed E-state index contributed by atoms with van der Waals surface area (Å²) in [6.07, 6.45) is -4.34. The van der Waals surface area contributed by atoms with Gasteiger partial charge in [0.05, 0.1) is 13.2 Å². The summed E-state index contributed by atoms with van der Waals surface area (Å²) in [5, 5.41) is 32.3. The number of hydrogen-bond donors (Lipinski definition) is 4. The first kappa shape index (κ1) is 38.0. The van der Waals surface area contributed by atoms with Crippen LogP contribution in [0.3, 0.4) is 0 Å². The minimum Gasteiger partial charge on any atom is -0.493 e. The van der Waals surface area contributed by atoms with Crippen molar-refractivity contribution in [2.24, 2.45) is 0 Å². The van der Waals surface area contributed by atoms with Gasteiger partial charge in [-0.1, -0.05) is 133 Å². The molecular weight excluding hydrogens is 684 g/mol. The first-order valence-corrected chi connectivity index (χ1v) is 17.8. The van der Waals surface area contributed by atoms with Crippen LogP contribution in [0.25, 0.3) is 21.5 Å². The van der Waals surface area contributed by atoms with Crippen LogP contribution in [0.4, 0.5) is 0 Å². The summed E-state index contributed by atoms with van der Waals surface area (Å²) in [7, 11) is 3.22. The predicted octanol–water partition coefficient (Wildman–Crippen LogP) is 6.18. The zero-order chi connectivity index (χ0) is 38.0. The lowest BCUT2D eigenvalue weighted by Crippen LogP contribution is -2.52. The molecule has 4 N–H and O–H groups in total. The molecule has 0 radical (unpaired) electrons. The highest BCUT2D eigenvalue weighted by atomic mass is 16.6. The van der Waals surface area contributed by atoms with E-state index in [9.17, 15) is 19.8 Å². The van der Waals surface area contributed by atoms with Crippen LogP contribution in [0.15, 0.2) is 146 Å². The molecule has 0 bridgehead atoms. The van der Waals surface area contributed by atoms with Crippen molar-refractivity contribution < 1.29 is 38.7 Å². The molecule has 6 aromatic carbocycles. The van der Waals surface area contributed by atoms with Gasteiger partial charge in [-0.25, -0.2) is 9.59 Å². The molecule has 6 rings (SSSR count). The number of benzene rings is 6. The normalized spacial score (nSPS) is 14.7. The molecule has 0 aliphatic rings. The van der Waals surface area contributed by atoms with Crippen molar-refractivity contribution in [3.05, 3.63) is 157 Å². The first-order valence-electron chi connectivity index (χ1n) is 17.8. The van der Waals surface area contributed by atoms with Gasteiger partial charge in [0.25, 0.3) is 0 Å². The second kappa shape index (κ2) is 17.4. The van der Waals surface area contributed by atoms with Gasteiger partial charge in [0.2, 0.25) is 0 Å². The Labute approximate surface area is 314 Å². The molecule has 54 heavy (non-hydrogen) atoms. The summed E-state index contributed by atoms with van der Waals surface area (Å²) in [5.41, 5.74) is -1.86. The summed E-state index contributed by atoms with van der Waals surface area (Å²) >= 11 is 0. The average molecular weight is 729 g/mol. The lowest BCUT2D eigenvalue weighted by molar-refractivity contribution is -0.196. The van der Waals surface area contributed by atoms with Gasteiger partial charge in [0, 0.05) is 34.7 Å². The van der Waals surface area contributed by atoms with E-state index < -0.39 is 35.6 Å². The van der Waals surface area contributed by atoms with Crippen LogP contribution in [0.1, 0.15) is 24.0 Å². The van der Waals surface area contributed by atoms with E-state index in [1.165, 1.54) is 0 Å². The van der Waals surface area contributed by atoms with Crippen molar-refractivity contribution in [3.63, 3.8) is 0 Å². The van der Waals surface area contributed by atoms with Crippen LogP contribution in [0, 0.1) is 0 Å². The molecule has 0 saturated carbocycles. The van der Waals surface area contributed by atoms with Crippen LogP contribution in [0.2, 0.25) is 0 Å². The van der Waals surface area contributed by atoms with Crippen LogP contribution in [0.5, 0.6) is 11.5 Å². The number of aliphatic hydroxyl groups is 2. The molecule has 4 unspecified atom stereocenters. The molecule has 10 nitrogen and oxygen atoms in total. The number of carbonyl (C=O) groups is 2. The zero-order valence-electron chi connectivity index (χ0n) is 30.2. The number of nitrogens with one attached hydrogen (secondary N) is 2. The standard InChI is InChI=1S/C44H44N2O8/c1-45-43(33-19-5-3-6-20-33,27-29-51-37-25-13-17-31-15-9-11-23-35(31)37)53-41(49)39(47)40(48)42(50)54-44(46-2,34-21-7-4-8-22-34)28-30-52-38-26-14-18-32-16-10-12-24-36(32)38/h3-26,39-40,45-48H,27-30H2,1-2H3. The number of fused-ring (bicyclic) bond motifs is 2. The molecule has 4 atom stereocenters. The quantitative estimate of drug-likeness (QED) is 0.0637. The number of carbonyl (C=O) groups excluding carboxylic acids is 2. The number of aliphatic hydroxyl groups excluding tert-OH is 2. The van der Waals surface area contributed by atoms with Crippen molar-refractivity contribution in [3.8, 4) is 11.5 Å². The van der Waals surface area contributed by atoms with Crippen molar-refractivity contribution in [2.45, 2.75) is 36.5 Å². The average Bonchev–Trinajstić information content (AvgIpc) is 3.23. The monoisotopic (exact) mass is 728 g/mol. The third-order valence-corrected chi connectivity index (χ3v) is 9.54. The molecule has 6 aromatic rings. The molecular formula is C44H44N2O8. The minimum absolute atomic E-state index is 0.111. The van der Waals surface area contributed by atoms with Gasteiger partial charge in [-0.2, -0.15) is 0 Å². The van der Waals surface area contributed by atoms with Crippen molar-refractivity contribution >= 4 is 33.5 Å². The minimum atomic E-state index is -2.29. The Kier molecular flexibility index (Phi) is 12.2. The van der Waals surface area contributed by atoms with E-state index in [4.69, 9.17) is 18.9 Å². The molecule has 0 saturated heterocycles. The van der Waals surface area contributed by atoms with Crippen LogP contribution in [-0.2, 0) is 30.5 Å². The van der Waals surface area contributed by atoms with Crippen molar-refractivity contribution in [1.82, 2.24) is 10.6 Å². The fourth-order valence-corrected chi connectivity index (χ4v) is 6.54. The number of hydrogen-bond acceptors (Lipinski definition) is 10. The van der Waals surface area contributed by atoms with Gasteiger partial charge in [-0.15, -0.1) is 0 Å². The molecule has 0 amide bonds. The van der Waals surface area contributed by atoms with Crippen LogP contribution >= 0.6 is 0 Å². The summed E-state index contributed by atoms with van der Waals surface area (Å²) < 4.78 is 24.2. The van der Waals surface area contributed by atoms with Crippen molar-refractivity contribution in [2.75, 3.05) is 27.3 Å². The highest BCUT2D eigenvalue weighted by Crippen LogP contribution is 2.32. The van der Waals surface area contributed by atoms with E-state index in [1.807, 2.05) is 97.1 Å².